The molecular formula is C8H16N2O5. The Hall–Kier alpha value is -1.18. The standard InChI is InChI=1S/C8H16N2O5/c1-2-15-10(6-8(13)14)4-3-9-5-7(11)12/h9H,2-6H2,1H3,(H,11,12)(H,13,14). The molecule has 15 heavy (non-hydrogen) atoms. The van der Waals surface area contributed by atoms with Crippen LogP contribution in [0.15, 0.2) is 0 Å². The van der Waals surface area contributed by atoms with Crippen LogP contribution in [0.25, 0.3) is 0 Å². The topological polar surface area (TPSA) is 99.1 Å². The Kier molecular flexibility index (Phi) is 7.51. The Bertz CT molecular complexity index is 209. The first-order valence-corrected chi connectivity index (χ1v) is 4.58. The third-order valence-electron chi connectivity index (χ3n) is 1.44. The molecule has 0 heterocycles. The average molecular weight is 220 g/mol. The molecule has 0 spiro atoms. The number of carboxylic acid groups (broad SMARTS) is 2. The average Bonchev–Trinajstić information content (AvgIpc) is 2.11. The predicted molar refractivity (Wildman–Crippen MR) is 51.3 cm³/mol. The summed E-state index contributed by atoms with van der Waals surface area (Å²) in [6.45, 7) is 2.45. The first-order chi connectivity index (χ1) is 7.06. The van der Waals surface area contributed by atoms with Crippen molar-refractivity contribution in [3.05, 3.63) is 0 Å². The number of hydrogen-bond donors (Lipinski definition) is 3. The number of hydroxylamine groups is 2. The Labute approximate surface area is 87.6 Å². The molecule has 0 saturated heterocycles. The van der Waals surface area contributed by atoms with E-state index in [4.69, 9.17) is 15.1 Å². The smallest absolute Gasteiger partial charge is 0.320 e. The van der Waals surface area contributed by atoms with Gasteiger partial charge in [0.2, 0.25) is 0 Å². The second-order valence-electron chi connectivity index (χ2n) is 2.75. The molecule has 0 radical (unpaired) electrons. The fourth-order valence-electron chi connectivity index (χ4n) is 0.922. The number of hydrogen-bond acceptors (Lipinski definition) is 5. The van der Waals surface area contributed by atoms with Crippen LogP contribution in [-0.2, 0) is 14.4 Å². The highest BCUT2D eigenvalue weighted by atomic mass is 16.7. The molecule has 7 heteroatoms. The van der Waals surface area contributed by atoms with Crippen molar-refractivity contribution in [3.8, 4) is 0 Å². The largest absolute Gasteiger partial charge is 0.480 e. The molecule has 0 amide bonds. The molecule has 0 atom stereocenters. The summed E-state index contributed by atoms with van der Waals surface area (Å²) in [7, 11) is 0. The van der Waals surface area contributed by atoms with E-state index in [2.05, 4.69) is 5.32 Å². The Morgan fingerprint density at radius 3 is 2.47 bits per heavy atom. The van der Waals surface area contributed by atoms with E-state index in [1.807, 2.05) is 0 Å². The zero-order valence-electron chi connectivity index (χ0n) is 8.60. The summed E-state index contributed by atoms with van der Waals surface area (Å²) in [4.78, 5) is 25.6. The van der Waals surface area contributed by atoms with E-state index >= 15 is 0 Å². The molecule has 0 bridgehead atoms. The van der Waals surface area contributed by atoms with Gasteiger partial charge in [-0.3, -0.25) is 14.4 Å². The molecule has 0 unspecified atom stereocenters. The number of carbonyl (C=O) groups is 2. The van der Waals surface area contributed by atoms with Crippen LogP contribution in [0.2, 0.25) is 0 Å². The highest BCUT2D eigenvalue weighted by molar-refractivity contribution is 5.69. The lowest BCUT2D eigenvalue weighted by Gasteiger charge is -2.18. The van der Waals surface area contributed by atoms with Crippen molar-refractivity contribution < 1.29 is 24.6 Å². The van der Waals surface area contributed by atoms with E-state index in [-0.39, 0.29) is 13.1 Å². The van der Waals surface area contributed by atoms with Gasteiger partial charge in [-0.25, -0.2) is 0 Å². The van der Waals surface area contributed by atoms with Crippen LogP contribution in [0.1, 0.15) is 6.92 Å². The molecule has 88 valence electrons. The summed E-state index contributed by atoms with van der Waals surface area (Å²) in [6, 6.07) is 0. The minimum Gasteiger partial charge on any atom is -0.480 e. The molecule has 0 aromatic heterocycles. The maximum Gasteiger partial charge on any atom is 0.320 e. The van der Waals surface area contributed by atoms with Crippen molar-refractivity contribution in [1.82, 2.24) is 10.4 Å². The fraction of sp³-hybridized carbons (Fsp3) is 0.750. The minimum atomic E-state index is -0.985. The summed E-state index contributed by atoms with van der Waals surface area (Å²) < 4.78 is 0. The van der Waals surface area contributed by atoms with Gasteiger partial charge < -0.3 is 15.5 Å². The fourth-order valence-corrected chi connectivity index (χ4v) is 0.922. The van der Waals surface area contributed by atoms with Crippen LogP contribution in [0.4, 0.5) is 0 Å². The first-order valence-electron chi connectivity index (χ1n) is 4.58. The second-order valence-corrected chi connectivity index (χ2v) is 2.75. The number of carboxylic acids is 2. The zero-order chi connectivity index (χ0) is 11.7. The van der Waals surface area contributed by atoms with Crippen molar-refractivity contribution in [2.24, 2.45) is 0 Å². The molecule has 0 fully saturated rings. The lowest BCUT2D eigenvalue weighted by molar-refractivity contribution is -0.173. The van der Waals surface area contributed by atoms with Gasteiger partial charge in [0.05, 0.1) is 13.2 Å². The summed E-state index contributed by atoms with van der Waals surface area (Å²) in [5, 5.41) is 20.8. The van der Waals surface area contributed by atoms with Crippen LogP contribution in [0, 0.1) is 0 Å². The van der Waals surface area contributed by atoms with Gasteiger partial charge in [0.1, 0.15) is 6.54 Å². The third-order valence-corrected chi connectivity index (χ3v) is 1.44. The van der Waals surface area contributed by atoms with E-state index in [1.165, 1.54) is 5.06 Å². The van der Waals surface area contributed by atoms with Crippen molar-refractivity contribution in [2.45, 2.75) is 6.92 Å². The predicted octanol–water partition coefficient (Wildman–Crippen LogP) is -1.00. The Morgan fingerprint density at radius 2 is 2.00 bits per heavy atom. The number of rotatable bonds is 9. The van der Waals surface area contributed by atoms with Crippen LogP contribution in [0.5, 0.6) is 0 Å². The van der Waals surface area contributed by atoms with Gasteiger partial charge >= 0.3 is 11.9 Å². The van der Waals surface area contributed by atoms with Gasteiger partial charge in [0.25, 0.3) is 0 Å². The van der Waals surface area contributed by atoms with Crippen molar-refractivity contribution in [1.29, 1.82) is 0 Å². The van der Waals surface area contributed by atoms with Crippen LogP contribution in [-0.4, -0.2) is 60.0 Å². The molecule has 7 nitrogen and oxygen atoms in total. The van der Waals surface area contributed by atoms with Crippen LogP contribution < -0.4 is 5.32 Å². The Morgan fingerprint density at radius 1 is 1.33 bits per heavy atom. The number of aliphatic carboxylic acids is 2. The Balaban J connectivity index is 3.65. The van der Waals surface area contributed by atoms with E-state index < -0.39 is 11.9 Å². The second kappa shape index (κ2) is 8.16. The van der Waals surface area contributed by atoms with Crippen LogP contribution in [0.3, 0.4) is 0 Å². The van der Waals surface area contributed by atoms with Gasteiger partial charge in [-0.2, -0.15) is 5.06 Å². The van der Waals surface area contributed by atoms with Gasteiger partial charge in [0.15, 0.2) is 0 Å². The SMILES string of the molecule is CCON(CCNCC(=O)O)CC(=O)O. The monoisotopic (exact) mass is 220 g/mol. The molecule has 3 N–H and O–H groups in total. The molecule has 0 rings (SSSR count). The molecule has 0 aromatic carbocycles. The molecular weight excluding hydrogens is 204 g/mol. The third kappa shape index (κ3) is 9.13. The van der Waals surface area contributed by atoms with Crippen molar-refractivity contribution in [3.63, 3.8) is 0 Å². The summed E-state index contributed by atoms with van der Waals surface area (Å²) in [6.07, 6.45) is 0. The number of nitrogens with one attached hydrogen (secondary N) is 1. The minimum absolute atomic E-state index is 0.146. The highest BCUT2D eigenvalue weighted by Crippen LogP contribution is 1.88. The quantitative estimate of drug-likeness (QED) is 0.338. The molecule has 0 saturated carbocycles. The van der Waals surface area contributed by atoms with Gasteiger partial charge in [-0.15, -0.1) is 0 Å². The molecule has 0 aliphatic carbocycles. The van der Waals surface area contributed by atoms with Gasteiger partial charge in [0, 0.05) is 13.1 Å². The molecule has 0 aliphatic heterocycles. The van der Waals surface area contributed by atoms with E-state index in [9.17, 15) is 9.59 Å². The summed E-state index contributed by atoms with van der Waals surface area (Å²) in [5.41, 5.74) is 0. The maximum atomic E-state index is 10.4. The maximum absolute atomic E-state index is 10.4. The summed E-state index contributed by atoms with van der Waals surface area (Å²) in [5.74, 6) is -1.93. The molecule has 0 aromatic rings. The van der Waals surface area contributed by atoms with Gasteiger partial charge in [-0.05, 0) is 6.92 Å². The van der Waals surface area contributed by atoms with Gasteiger partial charge in [-0.1, -0.05) is 0 Å². The van der Waals surface area contributed by atoms with E-state index in [1.54, 1.807) is 6.92 Å². The van der Waals surface area contributed by atoms with Crippen molar-refractivity contribution in [2.75, 3.05) is 32.8 Å². The van der Waals surface area contributed by atoms with Crippen LogP contribution >= 0.6 is 0 Å². The number of nitrogens with zero attached hydrogens (tertiary/aromatic N) is 1. The highest BCUT2D eigenvalue weighted by Gasteiger charge is 2.09. The van der Waals surface area contributed by atoms with E-state index in [0.717, 1.165) is 0 Å². The first kappa shape index (κ1) is 13.8. The lowest BCUT2D eigenvalue weighted by atomic mass is 10.5. The summed E-state index contributed by atoms with van der Waals surface area (Å²) >= 11 is 0. The zero-order valence-corrected chi connectivity index (χ0v) is 8.60. The molecule has 0 aliphatic rings. The normalized spacial score (nSPS) is 10.5. The lowest BCUT2D eigenvalue weighted by Crippen LogP contribution is -2.37. The van der Waals surface area contributed by atoms with Crippen molar-refractivity contribution >= 4 is 11.9 Å². The van der Waals surface area contributed by atoms with E-state index in [0.29, 0.717) is 19.7 Å².